The van der Waals surface area contributed by atoms with Gasteiger partial charge < -0.3 is 18.9 Å². The van der Waals surface area contributed by atoms with Crippen molar-refractivity contribution in [2.75, 3.05) is 13.7 Å². The molecule has 160 valence electrons. The van der Waals surface area contributed by atoms with Crippen molar-refractivity contribution in [2.45, 2.75) is 35.6 Å². The van der Waals surface area contributed by atoms with E-state index in [4.69, 9.17) is 18.9 Å². The van der Waals surface area contributed by atoms with E-state index in [0.29, 0.717) is 10.0 Å². The summed E-state index contributed by atoms with van der Waals surface area (Å²) in [4.78, 5) is 7.32. The Bertz CT molecular complexity index is 1050. The van der Waals surface area contributed by atoms with E-state index < -0.39 is 35.6 Å². The Labute approximate surface area is 192 Å². The second kappa shape index (κ2) is 9.14. The van der Waals surface area contributed by atoms with Crippen LogP contribution in [0.1, 0.15) is 23.1 Å². The lowest BCUT2D eigenvalue weighted by Gasteiger charge is -2.53. The average molecular weight is 504 g/mol. The highest BCUT2D eigenvalue weighted by molar-refractivity contribution is 9.10. The molecule has 11 heteroatoms. The fraction of sp³-hybridized carbons (Fsp3) is 0.400. The summed E-state index contributed by atoms with van der Waals surface area (Å²) >= 11 is 7.93. The number of nitrogens with zero attached hydrogens (tertiary/aromatic N) is 5. The van der Waals surface area contributed by atoms with Gasteiger partial charge in [0, 0.05) is 33.8 Å². The maximum atomic E-state index is 9.75. The standard InChI is InChI=1S/C20H18BrN5O4S/c1-27-17-19(31)29-15-10-28-18(11-5-3-2-4-6-11)30-16(15)20(17,25-26-23)13-7-12(21)9-24-14(13)8-22/h2-7,9,15-19,31H,10H2,1H3/t15-,16+,17+,18?,19-,20?/m1/s1. The van der Waals surface area contributed by atoms with Crippen LogP contribution >= 0.6 is 28.6 Å². The number of halogens is 1. The smallest absolute Gasteiger partial charge is 0.184 e. The molecule has 0 radical (unpaired) electrons. The minimum Gasteiger partial charge on any atom is -0.377 e. The molecule has 0 bridgehead atoms. The number of aromatic nitrogens is 1. The Morgan fingerprint density at radius 2 is 2.16 bits per heavy atom. The van der Waals surface area contributed by atoms with Crippen molar-refractivity contribution < 1.29 is 18.9 Å². The maximum absolute atomic E-state index is 9.75. The minimum absolute atomic E-state index is 0.0881. The number of ether oxygens (including phenoxy) is 4. The number of methoxy groups -OCH3 is 1. The monoisotopic (exact) mass is 503 g/mol. The third-order valence-corrected chi connectivity index (χ3v) is 6.21. The van der Waals surface area contributed by atoms with Gasteiger partial charge in [0.1, 0.15) is 41.0 Å². The molecule has 6 atom stereocenters. The maximum Gasteiger partial charge on any atom is 0.184 e. The molecule has 3 heterocycles. The predicted octanol–water partition coefficient (Wildman–Crippen LogP) is 4.01. The van der Waals surface area contributed by atoms with Crippen molar-refractivity contribution in [3.8, 4) is 6.07 Å². The van der Waals surface area contributed by atoms with Gasteiger partial charge in [0.25, 0.3) is 0 Å². The van der Waals surface area contributed by atoms with E-state index in [1.807, 2.05) is 30.3 Å². The molecule has 0 N–H and O–H groups in total. The van der Waals surface area contributed by atoms with Gasteiger partial charge in [0.2, 0.25) is 0 Å². The van der Waals surface area contributed by atoms with E-state index in [0.717, 1.165) is 5.56 Å². The van der Waals surface area contributed by atoms with Crippen molar-refractivity contribution in [3.05, 3.63) is 74.3 Å². The number of nitriles is 1. The fourth-order valence-corrected chi connectivity index (χ4v) is 4.96. The number of thiol groups is 1. The fourth-order valence-electron chi connectivity index (χ4n) is 4.12. The Hall–Kier alpha value is -2.16. The number of azide groups is 1. The van der Waals surface area contributed by atoms with Gasteiger partial charge in [-0.15, -0.1) is 12.6 Å². The number of benzene rings is 1. The molecule has 1 aromatic carbocycles. The van der Waals surface area contributed by atoms with Crippen LogP contribution in [0.4, 0.5) is 0 Å². The first kappa shape index (κ1) is 22.0. The van der Waals surface area contributed by atoms with E-state index in [9.17, 15) is 10.8 Å². The van der Waals surface area contributed by atoms with E-state index in [1.54, 1.807) is 6.07 Å². The number of rotatable bonds is 4. The van der Waals surface area contributed by atoms with Gasteiger partial charge in [-0.3, -0.25) is 0 Å². The van der Waals surface area contributed by atoms with Crippen molar-refractivity contribution in [1.29, 1.82) is 5.26 Å². The summed E-state index contributed by atoms with van der Waals surface area (Å²) in [5.74, 6) is 0. The third kappa shape index (κ3) is 3.81. The van der Waals surface area contributed by atoms with Gasteiger partial charge in [-0.1, -0.05) is 35.4 Å². The molecule has 31 heavy (non-hydrogen) atoms. The molecular formula is C20H18BrN5O4S. The van der Waals surface area contributed by atoms with E-state index in [-0.39, 0.29) is 12.3 Å². The molecule has 0 spiro atoms. The summed E-state index contributed by atoms with van der Waals surface area (Å²) in [5, 5.41) is 13.9. The molecule has 2 aromatic rings. The molecular weight excluding hydrogens is 486 g/mol. The number of hydrogen-bond acceptors (Lipinski definition) is 8. The topological polar surface area (TPSA) is 122 Å². The van der Waals surface area contributed by atoms with Gasteiger partial charge in [-0.25, -0.2) is 4.98 Å². The van der Waals surface area contributed by atoms with Crippen LogP contribution in [0.5, 0.6) is 0 Å². The number of pyridine rings is 1. The molecule has 0 amide bonds. The number of hydrogen-bond donors (Lipinski definition) is 1. The lowest BCUT2D eigenvalue weighted by Crippen LogP contribution is -2.66. The second-order valence-corrected chi connectivity index (χ2v) is 8.45. The van der Waals surface area contributed by atoms with Crippen LogP contribution < -0.4 is 0 Å². The predicted molar refractivity (Wildman–Crippen MR) is 116 cm³/mol. The van der Waals surface area contributed by atoms with Gasteiger partial charge in [-0.2, -0.15) is 5.26 Å². The van der Waals surface area contributed by atoms with Crippen LogP contribution in [0, 0.1) is 11.3 Å². The highest BCUT2D eigenvalue weighted by Gasteiger charge is 2.61. The van der Waals surface area contributed by atoms with Crippen molar-refractivity contribution in [2.24, 2.45) is 5.11 Å². The van der Waals surface area contributed by atoms with E-state index in [1.165, 1.54) is 13.3 Å². The molecule has 2 saturated heterocycles. The molecule has 9 nitrogen and oxygen atoms in total. The van der Waals surface area contributed by atoms with Crippen LogP contribution in [-0.2, 0) is 24.5 Å². The van der Waals surface area contributed by atoms with Crippen LogP contribution in [0.25, 0.3) is 10.4 Å². The highest BCUT2D eigenvalue weighted by Crippen LogP contribution is 2.49. The Morgan fingerprint density at radius 3 is 2.84 bits per heavy atom. The van der Waals surface area contributed by atoms with Crippen molar-refractivity contribution >= 4 is 28.6 Å². The SMILES string of the molecule is CO[C@H]1[C@@H](S)O[C@@H]2COC(c3ccccc3)O[C@@H]2C1(N=[N+]=[N-])c1cc(Br)cnc1C#N. The molecule has 2 aliphatic heterocycles. The molecule has 2 fully saturated rings. The third-order valence-electron chi connectivity index (χ3n) is 5.39. The Kier molecular flexibility index (Phi) is 6.50. The van der Waals surface area contributed by atoms with Gasteiger partial charge in [0.15, 0.2) is 6.29 Å². The molecule has 0 saturated carbocycles. The summed E-state index contributed by atoms with van der Waals surface area (Å²) < 4.78 is 24.5. The second-order valence-electron chi connectivity index (χ2n) is 7.03. The lowest BCUT2D eigenvalue weighted by molar-refractivity contribution is -0.317. The minimum atomic E-state index is -1.49. The summed E-state index contributed by atoms with van der Waals surface area (Å²) in [5.41, 5.74) is 8.57. The lowest BCUT2D eigenvalue weighted by atomic mass is 9.75. The van der Waals surface area contributed by atoms with Gasteiger partial charge in [0.05, 0.1) is 6.61 Å². The van der Waals surface area contributed by atoms with Gasteiger partial charge >= 0.3 is 0 Å². The summed E-state index contributed by atoms with van der Waals surface area (Å²) in [6.45, 7) is 0.170. The first-order valence-electron chi connectivity index (χ1n) is 9.35. The molecule has 2 aliphatic rings. The van der Waals surface area contributed by atoms with Crippen molar-refractivity contribution in [1.82, 2.24) is 4.98 Å². The molecule has 4 rings (SSSR count). The average Bonchev–Trinajstić information content (AvgIpc) is 2.79. The van der Waals surface area contributed by atoms with Crippen LogP contribution in [0.3, 0.4) is 0 Å². The van der Waals surface area contributed by atoms with Crippen molar-refractivity contribution in [3.63, 3.8) is 0 Å². The molecule has 0 aliphatic carbocycles. The van der Waals surface area contributed by atoms with Crippen LogP contribution in [0.15, 0.2) is 52.2 Å². The Balaban J connectivity index is 1.91. The van der Waals surface area contributed by atoms with Gasteiger partial charge in [-0.05, 0) is 27.5 Å². The normalized spacial score (nSPS) is 32.4. The van der Waals surface area contributed by atoms with E-state index >= 15 is 0 Å². The summed E-state index contributed by atoms with van der Waals surface area (Å²) in [7, 11) is 1.46. The zero-order valence-corrected chi connectivity index (χ0v) is 18.8. The van der Waals surface area contributed by atoms with E-state index in [2.05, 4.69) is 49.6 Å². The number of fused-ring (bicyclic) bond motifs is 1. The molecule has 2 unspecified atom stereocenters. The largest absolute Gasteiger partial charge is 0.377 e. The highest BCUT2D eigenvalue weighted by atomic mass is 79.9. The van der Waals surface area contributed by atoms with Crippen LogP contribution in [-0.4, -0.2) is 42.4 Å². The first-order chi connectivity index (χ1) is 15.0. The van der Waals surface area contributed by atoms with Crippen LogP contribution in [0.2, 0.25) is 0 Å². The first-order valence-corrected chi connectivity index (χ1v) is 10.7. The summed E-state index contributed by atoms with van der Waals surface area (Å²) in [6, 6.07) is 13.2. The zero-order valence-electron chi connectivity index (χ0n) is 16.3. The molecule has 1 aromatic heterocycles. The zero-order chi connectivity index (χ0) is 22.0. The Morgan fingerprint density at radius 1 is 1.39 bits per heavy atom. The summed E-state index contributed by atoms with van der Waals surface area (Å²) in [6.07, 6.45) is -1.55. The quantitative estimate of drug-likeness (QED) is 0.291.